The number of hydrogen-bond donors (Lipinski definition) is 1. The Morgan fingerprint density at radius 2 is 2.00 bits per heavy atom. The number of halogens is 1. The number of carboxylic acid groups (broad SMARTS) is 1. The standard InChI is InChI=1S/C15H15FN2O2/c1-10-3-5-11(6-4-10)9-18(2)14-13(15(19)20)7-12(16)8-17-14/h3-8H,9H2,1-2H3,(H,19,20). The van der Waals surface area contributed by atoms with Crippen LogP contribution in [0, 0.1) is 12.7 Å². The largest absolute Gasteiger partial charge is 0.478 e. The van der Waals surface area contributed by atoms with Crippen LogP contribution in [0.2, 0.25) is 0 Å². The molecular weight excluding hydrogens is 259 g/mol. The van der Waals surface area contributed by atoms with E-state index in [0.29, 0.717) is 6.54 Å². The van der Waals surface area contributed by atoms with Gasteiger partial charge in [0.15, 0.2) is 0 Å². The van der Waals surface area contributed by atoms with Crippen molar-refractivity contribution in [2.24, 2.45) is 0 Å². The van der Waals surface area contributed by atoms with E-state index in [2.05, 4.69) is 4.98 Å². The number of aryl methyl sites for hydroxylation is 1. The monoisotopic (exact) mass is 274 g/mol. The molecule has 0 atom stereocenters. The van der Waals surface area contributed by atoms with Crippen LogP contribution in [0.15, 0.2) is 36.5 Å². The van der Waals surface area contributed by atoms with Crippen LogP contribution in [0.25, 0.3) is 0 Å². The van der Waals surface area contributed by atoms with Crippen LogP contribution in [0.4, 0.5) is 10.2 Å². The van der Waals surface area contributed by atoms with Gasteiger partial charge < -0.3 is 10.0 Å². The van der Waals surface area contributed by atoms with Crippen molar-refractivity contribution in [3.05, 3.63) is 59.0 Å². The van der Waals surface area contributed by atoms with Crippen LogP contribution >= 0.6 is 0 Å². The molecular formula is C15H15FN2O2. The first-order chi connectivity index (χ1) is 9.47. The summed E-state index contributed by atoms with van der Waals surface area (Å²) in [6, 6.07) is 8.89. The minimum Gasteiger partial charge on any atom is -0.478 e. The minimum absolute atomic E-state index is 0.139. The molecule has 2 rings (SSSR count). The van der Waals surface area contributed by atoms with Gasteiger partial charge in [-0.3, -0.25) is 0 Å². The van der Waals surface area contributed by atoms with E-state index in [0.717, 1.165) is 23.4 Å². The number of nitrogens with zero attached hydrogens (tertiary/aromatic N) is 2. The van der Waals surface area contributed by atoms with Gasteiger partial charge in [0, 0.05) is 13.6 Å². The highest BCUT2D eigenvalue weighted by atomic mass is 19.1. The molecule has 0 aliphatic rings. The molecule has 20 heavy (non-hydrogen) atoms. The molecule has 104 valence electrons. The molecule has 0 radical (unpaired) electrons. The lowest BCUT2D eigenvalue weighted by atomic mass is 10.1. The number of aromatic nitrogens is 1. The van der Waals surface area contributed by atoms with E-state index in [4.69, 9.17) is 5.11 Å². The van der Waals surface area contributed by atoms with Gasteiger partial charge >= 0.3 is 5.97 Å². The zero-order valence-corrected chi connectivity index (χ0v) is 11.3. The predicted molar refractivity (Wildman–Crippen MR) is 74.4 cm³/mol. The maximum absolute atomic E-state index is 13.1. The Morgan fingerprint density at radius 3 is 2.60 bits per heavy atom. The van der Waals surface area contributed by atoms with Gasteiger partial charge in [0.25, 0.3) is 0 Å². The molecule has 2 aromatic rings. The molecule has 1 N–H and O–H groups in total. The first kappa shape index (κ1) is 14.0. The van der Waals surface area contributed by atoms with E-state index in [-0.39, 0.29) is 11.4 Å². The molecule has 1 aromatic carbocycles. The van der Waals surface area contributed by atoms with Crippen LogP contribution in [0.1, 0.15) is 21.5 Å². The third kappa shape index (κ3) is 3.12. The lowest BCUT2D eigenvalue weighted by Crippen LogP contribution is -2.21. The molecule has 0 spiro atoms. The zero-order valence-electron chi connectivity index (χ0n) is 11.3. The Morgan fingerprint density at radius 1 is 1.35 bits per heavy atom. The molecule has 0 fully saturated rings. The van der Waals surface area contributed by atoms with E-state index in [1.54, 1.807) is 11.9 Å². The number of anilines is 1. The Kier molecular flexibility index (Phi) is 3.98. The molecule has 5 heteroatoms. The summed E-state index contributed by atoms with van der Waals surface area (Å²) in [5, 5.41) is 9.11. The number of carboxylic acids is 1. The number of rotatable bonds is 4. The zero-order chi connectivity index (χ0) is 14.7. The molecule has 0 aliphatic heterocycles. The Balaban J connectivity index is 2.27. The maximum Gasteiger partial charge on any atom is 0.339 e. The van der Waals surface area contributed by atoms with Crippen molar-refractivity contribution < 1.29 is 14.3 Å². The first-order valence-corrected chi connectivity index (χ1v) is 6.13. The van der Waals surface area contributed by atoms with Crippen LogP contribution in [-0.4, -0.2) is 23.1 Å². The predicted octanol–water partition coefficient (Wildman–Crippen LogP) is 2.86. The fraction of sp³-hybridized carbons (Fsp3) is 0.200. The fourth-order valence-electron chi connectivity index (χ4n) is 1.94. The Hall–Kier alpha value is -2.43. The van der Waals surface area contributed by atoms with Gasteiger partial charge in [0.2, 0.25) is 0 Å². The molecule has 0 amide bonds. The summed E-state index contributed by atoms with van der Waals surface area (Å²) >= 11 is 0. The summed E-state index contributed by atoms with van der Waals surface area (Å²) in [7, 11) is 1.73. The van der Waals surface area contributed by atoms with Crippen molar-refractivity contribution in [2.45, 2.75) is 13.5 Å². The summed E-state index contributed by atoms with van der Waals surface area (Å²) < 4.78 is 13.1. The van der Waals surface area contributed by atoms with Gasteiger partial charge in [-0.15, -0.1) is 0 Å². The summed E-state index contributed by atoms with van der Waals surface area (Å²) in [6.45, 7) is 2.50. The lowest BCUT2D eigenvalue weighted by molar-refractivity contribution is 0.0696. The lowest BCUT2D eigenvalue weighted by Gasteiger charge is -2.20. The summed E-state index contributed by atoms with van der Waals surface area (Å²) in [5.74, 6) is -1.60. The minimum atomic E-state index is -1.19. The van der Waals surface area contributed by atoms with Crippen LogP contribution in [-0.2, 0) is 6.54 Å². The number of hydrogen-bond acceptors (Lipinski definition) is 3. The van der Waals surface area contributed by atoms with Crippen LogP contribution in [0.3, 0.4) is 0 Å². The number of pyridine rings is 1. The van der Waals surface area contributed by atoms with Crippen LogP contribution < -0.4 is 4.90 Å². The van der Waals surface area contributed by atoms with Crippen molar-refractivity contribution >= 4 is 11.8 Å². The van der Waals surface area contributed by atoms with Crippen molar-refractivity contribution in [2.75, 3.05) is 11.9 Å². The fourth-order valence-corrected chi connectivity index (χ4v) is 1.94. The van der Waals surface area contributed by atoms with Gasteiger partial charge in [-0.1, -0.05) is 29.8 Å². The summed E-state index contributed by atoms with van der Waals surface area (Å²) in [4.78, 5) is 16.7. The van der Waals surface area contributed by atoms with Gasteiger partial charge in [-0.05, 0) is 18.6 Å². The highest BCUT2D eigenvalue weighted by Crippen LogP contribution is 2.19. The SMILES string of the molecule is Cc1ccc(CN(C)c2ncc(F)cc2C(=O)O)cc1. The smallest absolute Gasteiger partial charge is 0.339 e. The molecule has 1 heterocycles. The molecule has 1 aromatic heterocycles. The third-order valence-corrected chi connectivity index (χ3v) is 2.97. The normalized spacial score (nSPS) is 10.3. The van der Waals surface area contributed by atoms with Gasteiger partial charge in [0.1, 0.15) is 17.2 Å². The maximum atomic E-state index is 13.1. The summed E-state index contributed by atoms with van der Waals surface area (Å²) in [5.41, 5.74) is 2.04. The Bertz CT molecular complexity index is 626. The average Bonchev–Trinajstić information content (AvgIpc) is 2.41. The molecule has 0 bridgehead atoms. The summed E-state index contributed by atoms with van der Waals surface area (Å²) in [6.07, 6.45) is 1.02. The molecule has 0 saturated carbocycles. The van der Waals surface area contributed by atoms with Gasteiger partial charge in [-0.25, -0.2) is 14.2 Å². The number of benzene rings is 1. The highest BCUT2D eigenvalue weighted by molar-refractivity contribution is 5.93. The second kappa shape index (κ2) is 5.69. The third-order valence-electron chi connectivity index (χ3n) is 2.97. The van der Waals surface area contributed by atoms with E-state index in [1.165, 1.54) is 0 Å². The van der Waals surface area contributed by atoms with Crippen LogP contribution in [0.5, 0.6) is 0 Å². The molecule has 0 saturated heterocycles. The first-order valence-electron chi connectivity index (χ1n) is 6.13. The average molecular weight is 274 g/mol. The van der Waals surface area contributed by atoms with Crippen molar-refractivity contribution in [3.8, 4) is 0 Å². The Labute approximate surface area is 116 Å². The topological polar surface area (TPSA) is 53.4 Å². The van der Waals surface area contributed by atoms with Crippen molar-refractivity contribution in [1.29, 1.82) is 0 Å². The van der Waals surface area contributed by atoms with E-state index < -0.39 is 11.8 Å². The molecule has 4 nitrogen and oxygen atoms in total. The second-order valence-electron chi connectivity index (χ2n) is 4.67. The number of carbonyl (C=O) groups is 1. The van der Waals surface area contributed by atoms with Crippen molar-refractivity contribution in [3.63, 3.8) is 0 Å². The second-order valence-corrected chi connectivity index (χ2v) is 4.67. The van der Waals surface area contributed by atoms with E-state index >= 15 is 0 Å². The quantitative estimate of drug-likeness (QED) is 0.931. The molecule has 0 unspecified atom stereocenters. The van der Waals surface area contributed by atoms with E-state index in [9.17, 15) is 9.18 Å². The van der Waals surface area contributed by atoms with E-state index in [1.807, 2.05) is 31.2 Å². The highest BCUT2D eigenvalue weighted by Gasteiger charge is 2.16. The van der Waals surface area contributed by atoms with Gasteiger partial charge in [-0.2, -0.15) is 0 Å². The van der Waals surface area contributed by atoms with Crippen molar-refractivity contribution in [1.82, 2.24) is 4.98 Å². The van der Waals surface area contributed by atoms with Gasteiger partial charge in [0.05, 0.1) is 6.20 Å². The molecule has 0 aliphatic carbocycles. The number of aromatic carboxylic acids is 1.